The van der Waals surface area contributed by atoms with Crippen molar-refractivity contribution in [1.82, 2.24) is 4.90 Å². The second kappa shape index (κ2) is 6.55. The molecule has 34 heavy (non-hydrogen) atoms. The molecular formula is C28H31N3O3. The zero-order valence-electron chi connectivity index (χ0n) is 19.4. The monoisotopic (exact) mass is 457 g/mol. The molecule has 1 spiro atoms. The standard InChI is InChI=1S/C28H31N3O3/c32-22-8-7-18-13-23-28(33)10-9-21(31-16-29-14-19-3-1-2-4-20(19)31)26-27(28,24(18)25(22)34-26)11-12-30(23)15-17-5-6-17/h1-4,7-8,14,17,21,23,26,32-33H,5-6,9-13,15-16H2/t21-,23-,26+,27+,28-/m1/s1. The molecule has 3 aliphatic carbocycles. The summed E-state index contributed by atoms with van der Waals surface area (Å²) in [5, 5.41) is 23.5. The fourth-order valence-corrected chi connectivity index (χ4v) is 8.22. The number of aliphatic imine (C=N–C) groups is 1. The zero-order valence-corrected chi connectivity index (χ0v) is 19.4. The van der Waals surface area contributed by atoms with Crippen molar-refractivity contribution in [3.8, 4) is 11.5 Å². The number of rotatable bonds is 3. The first-order valence-electron chi connectivity index (χ1n) is 12.9. The van der Waals surface area contributed by atoms with Crippen LogP contribution >= 0.6 is 0 Å². The third-order valence-electron chi connectivity index (χ3n) is 9.84. The number of likely N-dealkylation sites (tertiary alicyclic amines) is 1. The summed E-state index contributed by atoms with van der Waals surface area (Å²) in [7, 11) is 0. The zero-order chi connectivity index (χ0) is 22.7. The van der Waals surface area contributed by atoms with E-state index in [9.17, 15) is 10.2 Å². The van der Waals surface area contributed by atoms with E-state index in [1.54, 1.807) is 6.07 Å². The van der Waals surface area contributed by atoms with Gasteiger partial charge in [0.15, 0.2) is 11.5 Å². The van der Waals surface area contributed by atoms with E-state index in [-0.39, 0.29) is 23.9 Å². The summed E-state index contributed by atoms with van der Waals surface area (Å²) in [6.07, 6.45) is 7.71. The van der Waals surface area contributed by atoms with Gasteiger partial charge in [-0.1, -0.05) is 24.3 Å². The lowest BCUT2D eigenvalue weighted by Crippen LogP contribution is -2.78. The molecule has 6 heteroatoms. The lowest BCUT2D eigenvalue weighted by atomic mass is 9.48. The molecule has 2 saturated carbocycles. The summed E-state index contributed by atoms with van der Waals surface area (Å²) in [6, 6.07) is 12.5. The summed E-state index contributed by atoms with van der Waals surface area (Å²) in [5.74, 6) is 1.62. The maximum atomic E-state index is 12.7. The van der Waals surface area contributed by atoms with Gasteiger partial charge in [-0.2, -0.15) is 0 Å². The lowest BCUT2D eigenvalue weighted by molar-refractivity contribution is -0.189. The Morgan fingerprint density at radius 3 is 2.85 bits per heavy atom. The van der Waals surface area contributed by atoms with Crippen LogP contribution < -0.4 is 9.64 Å². The van der Waals surface area contributed by atoms with Gasteiger partial charge in [-0.3, -0.25) is 9.89 Å². The molecule has 1 saturated heterocycles. The Labute approximate surface area is 199 Å². The summed E-state index contributed by atoms with van der Waals surface area (Å²) in [6.45, 7) is 2.69. The second-order valence-electron chi connectivity index (χ2n) is 11.4. The highest BCUT2D eigenvalue weighted by atomic mass is 16.5. The van der Waals surface area contributed by atoms with Gasteiger partial charge in [0.1, 0.15) is 12.8 Å². The van der Waals surface area contributed by atoms with Gasteiger partial charge in [0.05, 0.1) is 17.1 Å². The van der Waals surface area contributed by atoms with Gasteiger partial charge in [0.25, 0.3) is 0 Å². The number of nitrogens with zero attached hydrogens (tertiary/aromatic N) is 3. The van der Waals surface area contributed by atoms with E-state index in [4.69, 9.17) is 4.74 Å². The van der Waals surface area contributed by atoms with Crippen molar-refractivity contribution in [1.29, 1.82) is 0 Å². The van der Waals surface area contributed by atoms with Crippen LogP contribution in [0.4, 0.5) is 5.69 Å². The molecule has 3 fully saturated rings. The Bertz CT molecular complexity index is 1230. The number of benzene rings is 2. The first-order chi connectivity index (χ1) is 16.6. The van der Waals surface area contributed by atoms with Crippen LogP contribution in [0.1, 0.15) is 48.8 Å². The Morgan fingerprint density at radius 1 is 1.09 bits per heavy atom. The summed E-state index contributed by atoms with van der Waals surface area (Å²) in [4.78, 5) is 9.66. The molecule has 8 rings (SSSR count). The molecule has 2 bridgehead atoms. The van der Waals surface area contributed by atoms with Gasteiger partial charge in [0, 0.05) is 35.6 Å². The first-order valence-corrected chi connectivity index (χ1v) is 12.9. The molecule has 3 aliphatic heterocycles. The fourth-order valence-electron chi connectivity index (χ4n) is 8.22. The SMILES string of the molecule is Oc1ccc2c3c1O[C@H]1[C@H](N4CN=Cc5ccccc54)CC[C@@]4(O)[C@@H](C2)N(CC2CC2)CC[C@]314. The van der Waals surface area contributed by atoms with E-state index in [2.05, 4.69) is 45.1 Å². The van der Waals surface area contributed by atoms with Crippen LogP contribution in [0.3, 0.4) is 0 Å². The molecule has 2 N–H and O–H groups in total. The molecule has 3 heterocycles. The van der Waals surface area contributed by atoms with Gasteiger partial charge in [-0.25, -0.2) is 0 Å². The van der Waals surface area contributed by atoms with Crippen molar-refractivity contribution >= 4 is 11.9 Å². The summed E-state index contributed by atoms with van der Waals surface area (Å²) >= 11 is 0. The molecule has 176 valence electrons. The second-order valence-corrected chi connectivity index (χ2v) is 11.4. The van der Waals surface area contributed by atoms with Crippen LogP contribution in [0, 0.1) is 5.92 Å². The van der Waals surface area contributed by atoms with E-state index < -0.39 is 11.0 Å². The maximum Gasteiger partial charge on any atom is 0.165 e. The van der Waals surface area contributed by atoms with Crippen LogP contribution in [0.2, 0.25) is 0 Å². The van der Waals surface area contributed by atoms with E-state index in [0.29, 0.717) is 12.4 Å². The normalized spacial score (nSPS) is 37.2. The summed E-state index contributed by atoms with van der Waals surface area (Å²) in [5.41, 5.74) is 3.34. The average Bonchev–Trinajstić information content (AvgIpc) is 3.59. The van der Waals surface area contributed by atoms with E-state index >= 15 is 0 Å². The number of anilines is 1. The van der Waals surface area contributed by atoms with Crippen molar-refractivity contribution < 1.29 is 14.9 Å². The third kappa shape index (κ3) is 2.31. The lowest BCUT2D eigenvalue weighted by Gasteiger charge is -2.65. The van der Waals surface area contributed by atoms with Crippen LogP contribution in [-0.4, -0.2) is 64.9 Å². The molecule has 0 aromatic heterocycles. The van der Waals surface area contributed by atoms with Gasteiger partial charge >= 0.3 is 0 Å². The number of hydrogen-bond acceptors (Lipinski definition) is 6. The molecule has 6 aliphatic rings. The van der Waals surface area contributed by atoms with Crippen LogP contribution in [-0.2, 0) is 11.8 Å². The minimum absolute atomic E-state index is 0.0901. The number of phenolic OH excluding ortho intramolecular Hbond substituents is 1. The number of para-hydroxylation sites is 1. The number of aromatic hydroxyl groups is 1. The van der Waals surface area contributed by atoms with Crippen LogP contribution in [0.15, 0.2) is 41.4 Å². The van der Waals surface area contributed by atoms with E-state index in [1.165, 1.54) is 24.1 Å². The molecule has 0 radical (unpaired) electrons. The van der Waals surface area contributed by atoms with Gasteiger partial charge in [-0.05, 0) is 68.7 Å². The molecular weight excluding hydrogens is 426 g/mol. The molecule has 5 atom stereocenters. The summed E-state index contributed by atoms with van der Waals surface area (Å²) < 4.78 is 6.76. The number of ether oxygens (including phenoxy) is 1. The van der Waals surface area contributed by atoms with E-state index in [0.717, 1.165) is 55.8 Å². The average molecular weight is 458 g/mol. The Morgan fingerprint density at radius 2 is 1.97 bits per heavy atom. The fraction of sp³-hybridized carbons (Fsp3) is 0.536. The minimum atomic E-state index is -0.841. The van der Waals surface area contributed by atoms with Crippen molar-refractivity contribution in [2.75, 3.05) is 24.7 Å². The predicted molar refractivity (Wildman–Crippen MR) is 130 cm³/mol. The van der Waals surface area contributed by atoms with Crippen LogP contribution in [0.5, 0.6) is 11.5 Å². The quantitative estimate of drug-likeness (QED) is 0.741. The Kier molecular flexibility index (Phi) is 3.80. The molecule has 6 nitrogen and oxygen atoms in total. The van der Waals surface area contributed by atoms with Crippen molar-refractivity contribution in [2.45, 2.75) is 67.7 Å². The number of phenols is 1. The molecule has 2 aromatic carbocycles. The predicted octanol–water partition coefficient (Wildman–Crippen LogP) is 3.22. The van der Waals surface area contributed by atoms with Gasteiger partial charge < -0.3 is 19.8 Å². The molecule has 0 unspecified atom stereocenters. The Balaban J connectivity index is 1.28. The number of fused-ring (bicyclic) bond motifs is 1. The number of aliphatic hydroxyl groups is 1. The van der Waals surface area contributed by atoms with Gasteiger partial charge in [-0.15, -0.1) is 0 Å². The highest BCUT2D eigenvalue weighted by molar-refractivity contribution is 5.90. The van der Waals surface area contributed by atoms with Crippen molar-refractivity contribution in [3.63, 3.8) is 0 Å². The van der Waals surface area contributed by atoms with Crippen molar-refractivity contribution in [3.05, 3.63) is 53.1 Å². The highest BCUT2D eigenvalue weighted by Crippen LogP contribution is 2.66. The first kappa shape index (κ1) is 19.7. The van der Waals surface area contributed by atoms with Crippen molar-refractivity contribution in [2.24, 2.45) is 10.9 Å². The smallest absolute Gasteiger partial charge is 0.165 e. The number of piperidine rings is 1. The van der Waals surface area contributed by atoms with E-state index in [1.807, 2.05) is 6.21 Å². The third-order valence-corrected chi connectivity index (χ3v) is 9.84. The topological polar surface area (TPSA) is 68.5 Å². The van der Waals surface area contributed by atoms with Crippen LogP contribution in [0.25, 0.3) is 0 Å². The molecule has 2 aromatic rings. The largest absolute Gasteiger partial charge is 0.504 e. The highest BCUT2D eigenvalue weighted by Gasteiger charge is 2.73. The molecule has 0 amide bonds. The van der Waals surface area contributed by atoms with Gasteiger partial charge in [0.2, 0.25) is 0 Å². The number of hydrogen-bond donors (Lipinski definition) is 2. The Hall–Kier alpha value is -2.57. The minimum Gasteiger partial charge on any atom is -0.504 e. The maximum absolute atomic E-state index is 12.7.